The number of benzene rings is 1. The highest BCUT2D eigenvalue weighted by Gasteiger charge is 2.24. The summed E-state index contributed by atoms with van der Waals surface area (Å²) in [5, 5.41) is 3.07. The van der Waals surface area contributed by atoms with Crippen molar-refractivity contribution in [2.45, 2.75) is 45.1 Å². The Morgan fingerprint density at radius 3 is 2.48 bits per heavy atom. The van der Waals surface area contributed by atoms with Crippen molar-refractivity contribution < 1.29 is 14.3 Å². The molecular weight excluding hydrogens is 318 g/mol. The number of carbonyl (C=O) groups is 2. The number of aryl methyl sites for hydroxylation is 1. The Hall–Kier alpha value is -2.24. The van der Waals surface area contributed by atoms with Gasteiger partial charge in [-0.15, -0.1) is 0 Å². The molecule has 1 heterocycles. The summed E-state index contributed by atoms with van der Waals surface area (Å²) in [4.78, 5) is 25.1. The van der Waals surface area contributed by atoms with Crippen LogP contribution in [0.1, 0.15) is 38.2 Å². The molecule has 1 saturated heterocycles. The van der Waals surface area contributed by atoms with E-state index < -0.39 is 0 Å². The number of likely N-dealkylation sites (tertiary alicyclic amines) is 1. The van der Waals surface area contributed by atoms with E-state index in [0.717, 1.165) is 31.4 Å². The second kappa shape index (κ2) is 9.30. The molecule has 2 rings (SSSR count). The maximum Gasteiger partial charge on any atom is 0.317 e. The lowest BCUT2D eigenvalue weighted by atomic mass is 9.93. The summed E-state index contributed by atoms with van der Waals surface area (Å²) in [6.07, 6.45) is 3.91. The Balaban J connectivity index is 1.70. The van der Waals surface area contributed by atoms with Gasteiger partial charge in [0.1, 0.15) is 5.75 Å². The Morgan fingerprint density at radius 2 is 1.92 bits per heavy atom. The van der Waals surface area contributed by atoms with E-state index in [1.54, 1.807) is 7.11 Å². The van der Waals surface area contributed by atoms with Gasteiger partial charge >= 0.3 is 6.03 Å². The van der Waals surface area contributed by atoms with Crippen LogP contribution in [0.3, 0.4) is 0 Å². The van der Waals surface area contributed by atoms with Crippen LogP contribution in [-0.2, 0) is 11.2 Å². The number of nitrogens with two attached hydrogens (primary N) is 1. The zero-order chi connectivity index (χ0) is 18.2. The van der Waals surface area contributed by atoms with Gasteiger partial charge in [-0.25, -0.2) is 4.79 Å². The number of nitrogens with one attached hydrogen (secondary N) is 1. The number of carbonyl (C=O) groups excluding carboxylic acids is 2. The average Bonchev–Trinajstić information content (AvgIpc) is 2.60. The molecule has 6 heteroatoms. The van der Waals surface area contributed by atoms with Crippen molar-refractivity contribution in [1.29, 1.82) is 0 Å². The molecule has 0 saturated carbocycles. The highest BCUT2D eigenvalue weighted by atomic mass is 16.5. The summed E-state index contributed by atoms with van der Waals surface area (Å²) in [6.45, 7) is 3.41. The van der Waals surface area contributed by atoms with Crippen LogP contribution < -0.4 is 15.8 Å². The molecule has 0 radical (unpaired) electrons. The molecule has 1 aliphatic rings. The van der Waals surface area contributed by atoms with Gasteiger partial charge in [-0.2, -0.15) is 0 Å². The molecule has 0 spiro atoms. The van der Waals surface area contributed by atoms with Crippen LogP contribution >= 0.6 is 0 Å². The van der Waals surface area contributed by atoms with E-state index in [1.165, 1.54) is 5.56 Å². The van der Waals surface area contributed by atoms with Crippen LogP contribution in [-0.4, -0.2) is 43.1 Å². The first-order chi connectivity index (χ1) is 12.0. The van der Waals surface area contributed by atoms with E-state index in [0.29, 0.717) is 25.4 Å². The van der Waals surface area contributed by atoms with Crippen molar-refractivity contribution in [3.05, 3.63) is 29.8 Å². The minimum atomic E-state index is -0.255. The van der Waals surface area contributed by atoms with Crippen molar-refractivity contribution in [1.82, 2.24) is 10.2 Å². The van der Waals surface area contributed by atoms with Gasteiger partial charge in [-0.1, -0.05) is 12.1 Å². The summed E-state index contributed by atoms with van der Waals surface area (Å²) in [5.74, 6) is 0.911. The average molecular weight is 347 g/mol. The quantitative estimate of drug-likeness (QED) is 0.794. The number of rotatable bonds is 7. The molecule has 1 fully saturated rings. The fourth-order valence-corrected chi connectivity index (χ4v) is 3.17. The summed E-state index contributed by atoms with van der Waals surface area (Å²) >= 11 is 0. The summed E-state index contributed by atoms with van der Waals surface area (Å²) in [7, 11) is 1.66. The first-order valence-electron chi connectivity index (χ1n) is 8.94. The second-order valence-corrected chi connectivity index (χ2v) is 6.84. The van der Waals surface area contributed by atoms with Crippen LogP contribution in [0, 0.1) is 5.92 Å². The first-order valence-corrected chi connectivity index (χ1v) is 8.94. The Labute approximate surface area is 149 Å². The molecule has 1 atom stereocenters. The first kappa shape index (κ1) is 19.1. The van der Waals surface area contributed by atoms with Crippen LogP contribution in [0.15, 0.2) is 24.3 Å². The molecular formula is C19H29N3O3. The third-order valence-corrected chi connectivity index (χ3v) is 4.79. The zero-order valence-electron chi connectivity index (χ0n) is 15.2. The molecule has 1 aromatic rings. The van der Waals surface area contributed by atoms with E-state index in [2.05, 4.69) is 17.4 Å². The van der Waals surface area contributed by atoms with E-state index in [-0.39, 0.29) is 18.0 Å². The second-order valence-electron chi connectivity index (χ2n) is 6.84. The number of primary amides is 1. The smallest absolute Gasteiger partial charge is 0.317 e. The van der Waals surface area contributed by atoms with Gasteiger partial charge in [0.05, 0.1) is 7.11 Å². The number of ether oxygens (including phenoxy) is 1. The Kier molecular flexibility index (Phi) is 7.10. The fourth-order valence-electron chi connectivity index (χ4n) is 3.17. The van der Waals surface area contributed by atoms with Crippen molar-refractivity contribution in [2.24, 2.45) is 11.7 Å². The number of urea groups is 1. The minimum absolute atomic E-state index is 0.0141. The lowest BCUT2D eigenvalue weighted by Crippen LogP contribution is -2.47. The topological polar surface area (TPSA) is 84.7 Å². The molecule has 0 unspecified atom stereocenters. The summed E-state index contributed by atoms with van der Waals surface area (Å²) in [6, 6.07) is 8.11. The molecule has 3 N–H and O–H groups in total. The summed E-state index contributed by atoms with van der Waals surface area (Å²) in [5.41, 5.74) is 6.47. The predicted octanol–water partition coefficient (Wildman–Crippen LogP) is 2.31. The van der Waals surface area contributed by atoms with Gasteiger partial charge in [0.25, 0.3) is 0 Å². The Bertz CT molecular complexity index is 566. The number of nitrogens with zero attached hydrogens (tertiary/aromatic N) is 1. The fraction of sp³-hybridized carbons (Fsp3) is 0.579. The van der Waals surface area contributed by atoms with Gasteiger partial charge in [-0.3, -0.25) is 4.79 Å². The van der Waals surface area contributed by atoms with E-state index in [9.17, 15) is 9.59 Å². The van der Waals surface area contributed by atoms with Crippen LogP contribution in [0.4, 0.5) is 4.79 Å². The third kappa shape index (κ3) is 6.29. The van der Waals surface area contributed by atoms with Crippen LogP contribution in [0.25, 0.3) is 0 Å². The molecule has 6 nitrogen and oxygen atoms in total. The molecule has 25 heavy (non-hydrogen) atoms. The van der Waals surface area contributed by atoms with Gasteiger partial charge in [0.2, 0.25) is 5.91 Å². The zero-order valence-corrected chi connectivity index (χ0v) is 15.2. The van der Waals surface area contributed by atoms with E-state index in [4.69, 9.17) is 10.5 Å². The summed E-state index contributed by atoms with van der Waals surface area (Å²) < 4.78 is 5.16. The highest BCUT2D eigenvalue weighted by Crippen LogP contribution is 2.20. The van der Waals surface area contributed by atoms with Crippen molar-refractivity contribution in [3.8, 4) is 5.75 Å². The third-order valence-electron chi connectivity index (χ3n) is 4.79. The standard InChI is InChI=1S/C19H29N3O3/c1-14(3-4-15-5-7-17(25-2)8-6-15)21-19(24)22-11-9-16(10-12-22)13-18(20)23/h5-8,14,16H,3-4,9-13H2,1-2H3,(H2,20,23)(H,21,24)/t14-/m0/s1. The molecule has 0 aromatic heterocycles. The SMILES string of the molecule is COc1ccc(CC[C@H](C)NC(=O)N2CCC(CC(N)=O)CC2)cc1. The molecule has 3 amide bonds. The molecule has 1 aliphatic heterocycles. The minimum Gasteiger partial charge on any atom is -0.497 e. The number of methoxy groups -OCH3 is 1. The van der Waals surface area contributed by atoms with Crippen molar-refractivity contribution >= 4 is 11.9 Å². The molecule has 0 aliphatic carbocycles. The van der Waals surface area contributed by atoms with Crippen molar-refractivity contribution in [2.75, 3.05) is 20.2 Å². The maximum atomic E-state index is 12.3. The van der Waals surface area contributed by atoms with Gasteiger partial charge < -0.3 is 20.7 Å². The predicted molar refractivity (Wildman–Crippen MR) is 97.4 cm³/mol. The lowest BCUT2D eigenvalue weighted by molar-refractivity contribution is -0.119. The number of hydrogen-bond acceptors (Lipinski definition) is 3. The largest absolute Gasteiger partial charge is 0.497 e. The molecule has 0 bridgehead atoms. The van der Waals surface area contributed by atoms with E-state index in [1.807, 2.05) is 24.0 Å². The van der Waals surface area contributed by atoms with Crippen LogP contribution in [0.2, 0.25) is 0 Å². The molecule has 1 aromatic carbocycles. The van der Waals surface area contributed by atoms with Crippen LogP contribution in [0.5, 0.6) is 5.75 Å². The lowest BCUT2D eigenvalue weighted by Gasteiger charge is -2.32. The van der Waals surface area contributed by atoms with Crippen molar-refractivity contribution in [3.63, 3.8) is 0 Å². The monoisotopic (exact) mass is 347 g/mol. The van der Waals surface area contributed by atoms with Gasteiger partial charge in [-0.05, 0) is 56.2 Å². The highest BCUT2D eigenvalue weighted by molar-refractivity contribution is 5.75. The number of hydrogen-bond donors (Lipinski definition) is 2. The van der Waals surface area contributed by atoms with Gasteiger partial charge in [0.15, 0.2) is 0 Å². The molecule has 138 valence electrons. The van der Waals surface area contributed by atoms with E-state index >= 15 is 0 Å². The Morgan fingerprint density at radius 1 is 1.28 bits per heavy atom. The number of amides is 3. The normalized spacial score (nSPS) is 16.3. The number of piperidine rings is 1. The van der Waals surface area contributed by atoms with Gasteiger partial charge in [0, 0.05) is 25.6 Å². The maximum absolute atomic E-state index is 12.3.